The van der Waals surface area contributed by atoms with E-state index in [1.165, 1.54) is 0 Å². The van der Waals surface area contributed by atoms with Crippen LogP contribution in [0.3, 0.4) is 0 Å². The fourth-order valence-electron chi connectivity index (χ4n) is 2.09. The third-order valence-electron chi connectivity index (χ3n) is 2.99. The van der Waals surface area contributed by atoms with Crippen molar-refractivity contribution in [3.8, 4) is 11.5 Å². The van der Waals surface area contributed by atoms with Crippen molar-refractivity contribution >= 4 is 0 Å². The number of hydrogen-bond donors (Lipinski definition) is 1. The summed E-state index contributed by atoms with van der Waals surface area (Å²) in [5.74, 6) is 1.70. The molecule has 0 bridgehead atoms. The van der Waals surface area contributed by atoms with Crippen molar-refractivity contribution in [3.05, 3.63) is 23.3 Å². The second-order valence-electron chi connectivity index (χ2n) is 4.38. The van der Waals surface area contributed by atoms with Gasteiger partial charge in [-0.15, -0.1) is 0 Å². The fraction of sp³-hybridized carbons (Fsp3) is 0.571. The summed E-state index contributed by atoms with van der Waals surface area (Å²) in [5.41, 5.74) is 1.95. The molecule has 0 aromatic heterocycles. The molecule has 1 heterocycles. The summed E-state index contributed by atoms with van der Waals surface area (Å²) in [6.45, 7) is 2.06. The predicted molar refractivity (Wildman–Crippen MR) is 68.2 cm³/mol. The van der Waals surface area contributed by atoms with Crippen molar-refractivity contribution in [2.75, 3.05) is 26.9 Å². The third kappa shape index (κ3) is 3.15. The maximum atomic E-state index is 9.24. The van der Waals surface area contributed by atoms with Gasteiger partial charge in [0.15, 0.2) is 0 Å². The summed E-state index contributed by atoms with van der Waals surface area (Å²) >= 11 is 0. The molecule has 1 aromatic carbocycles. The van der Waals surface area contributed by atoms with Crippen molar-refractivity contribution < 1.29 is 19.3 Å². The molecule has 0 spiro atoms. The number of aliphatic hydroxyl groups excluding tert-OH is 1. The lowest BCUT2D eigenvalue weighted by molar-refractivity contribution is 0.171. The fourth-order valence-corrected chi connectivity index (χ4v) is 2.09. The number of ether oxygens (including phenoxy) is 3. The molecule has 1 aliphatic rings. The van der Waals surface area contributed by atoms with Gasteiger partial charge in [-0.3, -0.25) is 0 Å². The molecule has 2 rings (SSSR count). The summed E-state index contributed by atoms with van der Waals surface area (Å²) < 4.78 is 16.4. The lowest BCUT2D eigenvalue weighted by atomic mass is 10.0. The van der Waals surface area contributed by atoms with E-state index in [1.807, 2.05) is 12.1 Å². The van der Waals surface area contributed by atoms with Crippen LogP contribution in [-0.4, -0.2) is 32.0 Å². The zero-order valence-corrected chi connectivity index (χ0v) is 10.8. The molecule has 1 N–H and O–H groups in total. The Bertz CT molecular complexity index is 390. The van der Waals surface area contributed by atoms with E-state index in [1.54, 1.807) is 7.11 Å². The molecule has 4 nitrogen and oxygen atoms in total. The number of hydrogen-bond acceptors (Lipinski definition) is 4. The highest BCUT2D eigenvalue weighted by Gasteiger charge is 2.17. The minimum Gasteiger partial charge on any atom is -0.493 e. The molecule has 0 saturated heterocycles. The van der Waals surface area contributed by atoms with Crippen LogP contribution in [0, 0.1) is 0 Å². The molecule has 4 heteroatoms. The molecule has 100 valence electrons. The van der Waals surface area contributed by atoms with Gasteiger partial charge in [-0.05, 0) is 30.5 Å². The summed E-state index contributed by atoms with van der Waals surface area (Å²) in [7, 11) is 1.68. The number of rotatable bonds is 6. The van der Waals surface area contributed by atoms with Crippen molar-refractivity contribution in [2.24, 2.45) is 0 Å². The van der Waals surface area contributed by atoms with E-state index >= 15 is 0 Å². The molecule has 0 radical (unpaired) electrons. The standard InChI is InChI=1S/C14H20O4/c1-16-5-3-7-18-14-9-11(10-15)8-13-12(14)4-2-6-17-13/h8-9,15H,2-7,10H2,1H3. The predicted octanol–water partition coefficient (Wildman–Crippen LogP) is 1.92. The van der Waals surface area contributed by atoms with Gasteiger partial charge in [0, 0.05) is 25.7 Å². The lowest BCUT2D eigenvalue weighted by Gasteiger charge is -2.21. The van der Waals surface area contributed by atoms with E-state index in [0.717, 1.165) is 48.5 Å². The average molecular weight is 252 g/mol. The minimum atomic E-state index is 0.00503. The Balaban J connectivity index is 2.11. The monoisotopic (exact) mass is 252 g/mol. The van der Waals surface area contributed by atoms with Crippen LogP contribution in [0.5, 0.6) is 11.5 Å². The van der Waals surface area contributed by atoms with Crippen LogP contribution in [-0.2, 0) is 17.8 Å². The van der Waals surface area contributed by atoms with Gasteiger partial charge in [-0.25, -0.2) is 0 Å². The first-order valence-corrected chi connectivity index (χ1v) is 6.36. The van der Waals surface area contributed by atoms with Gasteiger partial charge >= 0.3 is 0 Å². The van der Waals surface area contributed by atoms with Gasteiger partial charge in [0.25, 0.3) is 0 Å². The van der Waals surface area contributed by atoms with Crippen LogP contribution < -0.4 is 9.47 Å². The van der Waals surface area contributed by atoms with Gasteiger partial charge in [-0.2, -0.15) is 0 Å². The number of methoxy groups -OCH3 is 1. The molecule has 18 heavy (non-hydrogen) atoms. The second kappa shape index (κ2) is 6.61. The Morgan fingerprint density at radius 2 is 2.22 bits per heavy atom. The number of aliphatic hydroxyl groups is 1. The lowest BCUT2D eigenvalue weighted by Crippen LogP contribution is -2.12. The summed E-state index contributed by atoms with van der Waals surface area (Å²) in [6.07, 6.45) is 2.84. The molecule has 1 aliphatic heterocycles. The van der Waals surface area contributed by atoms with E-state index in [4.69, 9.17) is 14.2 Å². The molecule has 0 amide bonds. The molecule has 0 fully saturated rings. The molecular formula is C14H20O4. The van der Waals surface area contributed by atoms with E-state index in [9.17, 15) is 5.11 Å². The first-order chi connectivity index (χ1) is 8.85. The highest BCUT2D eigenvalue weighted by atomic mass is 16.5. The Hall–Kier alpha value is -1.26. The Morgan fingerprint density at radius 3 is 3.00 bits per heavy atom. The first-order valence-electron chi connectivity index (χ1n) is 6.36. The quantitative estimate of drug-likeness (QED) is 0.786. The topological polar surface area (TPSA) is 47.9 Å². The van der Waals surface area contributed by atoms with Gasteiger partial charge in [0.2, 0.25) is 0 Å². The molecule has 0 aliphatic carbocycles. The van der Waals surface area contributed by atoms with Gasteiger partial charge in [0.05, 0.1) is 19.8 Å². The van der Waals surface area contributed by atoms with Crippen LogP contribution in [0.2, 0.25) is 0 Å². The van der Waals surface area contributed by atoms with E-state index in [2.05, 4.69) is 0 Å². The van der Waals surface area contributed by atoms with Gasteiger partial charge in [-0.1, -0.05) is 0 Å². The largest absolute Gasteiger partial charge is 0.493 e. The first kappa shape index (κ1) is 13.2. The van der Waals surface area contributed by atoms with Crippen LogP contribution >= 0.6 is 0 Å². The Morgan fingerprint density at radius 1 is 1.33 bits per heavy atom. The summed E-state index contributed by atoms with van der Waals surface area (Å²) in [6, 6.07) is 3.80. The Labute approximate surface area is 107 Å². The molecule has 0 saturated carbocycles. The van der Waals surface area contributed by atoms with Crippen molar-refractivity contribution in [2.45, 2.75) is 25.9 Å². The molecule has 0 unspecified atom stereocenters. The second-order valence-corrected chi connectivity index (χ2v) is 4.38. The molecule has 1 aromatic rings. The highest BCUT2D eigenvalue weighted by molar-refractivity contribution is 5.49. The van der Waals surface area contributed by atoms with Crippen LogP contribution in [0.4, 0.5) is 0 Å². The smallest absolute Gasteiger partial charge is 0.126 e. The van der Waals surface area contributed by atoms with Crippen molar-refractivity contribution in [3.63, 3.8) is 0 Å². The van der Waals surface area contributed by atoms with E-state index in [0.29, 0.717) is 13.2 Å². The average Bonchev–Trinajstić information content (AvgIpc) is 2.43. The minimum absolute atomic E-state index is 0.00503. The van der Waals surface area contributed by atoms with Gasteiger partial charge < -0.3 is 19.3 Å². The van der Waals surface area contributed by atoms with Gasteiger partial charge in [0.1, 0.15) is 11.5 Å². The number of fused-ring (bicyclic) bond motifs is 1. The summed E-state index contributed by atoms with van der Waals surface area (Å²) in [4.78, 5) is 0. The zero-order valence-electron chi connectivity index (χ0n) is 10.8. The Kier molecular flexibility index (Phi) is 4.84. The summed E-state index contributed by atoms with van der Waals surface area (Å²) in [5, 5.41) is 9.24. The van der Waals surface area contributed by atoms with Crippen LogP contribution in [0.15, 0.2) is 12.1 Å². The van der Waals surface area contributed by atoms with Crippen molar-refractivity contribution in [1.29, 1.82) is 0 Å². The highest BCUT2D eigenvalue weighted by Crippen LogP contribution is 2.34. The van der Waals surface area contributed by atoms with E-state index < -0.39 is 0 Å². The van der Waals surface area contributed by atoms with E-state index in [-0.39, 0.29) is 6.61 Å². The zero-order chi connectivity index (χ0) is 12.8. The third-order valence-corrected chi connectivity index (χ3v) is 2.99. The maximum Gasteiger partial charge on any atom is 0.126 e. The number of benzene rings is 1. The normalized spacial score (nSPS) is 13.9. The molecular weight excluding hydrogens is 232 g/mol. The van der Waals surface area contributed by atoms with Crippen LogP contribution in [0.1, 0.15) is 24.0 Å². The van der Waals surface area contributed by atoms with Crippen molar-refractivity contribution in [1.82, 2.24) is 0 Å². The SMILES string of the molecule is COCCCOc1cc(CO)cc2c1CCCO2. The van der Waals surface area contributed by atoms with Crippen LogP contribution in [0.25, 0.3) is 0 Å². The molecule has 0 atom stereocenters. The maximum absolute atomic E-state index is 9.24.